The lowest BCUT2D eigenvalue weighted by Gasteiger charge is -2.27. The van der Waals surface area contributed by atoms with Crippen molar-refractivity contribution < 1.29 is 9.15 Å². The lowest BCUT2D eigenvalue weighted by Crippen LogP contribution is -2.34. The first kappa shape index (κ1) is 14.0. The molecule has 0 radical (unpaired) electrons. The summed E-state index contributed by atoms with van der Waals surface area (Å²) in [5.41, 5.74) is 1.18. The maximum Gasteiger partial charge on any atom is 0.213 e. The predicted molar refractivity (Wildman–Crippen MR) is 81.4 cm³/mol. The fourth-order valence-corrected chi connectivity index (χ4v) is 2.72. The van der Waals surface area contributed by atoms with Crippen molar-refractivity contribution in [3.05, 3.63) is 60.2 Å². The van der Waals surface area contributed by atoms with Gasteiger partial charge in [0.2, 0.25) is 5.88 Å². The van der Waals surface area contributed by atoms with Gasteiger partial charge in [-0.2, -0.15) is 0 Å². The highest BCUT2D eigenvalue weighted by Gasteiger charge is 2.21. The van der Waals surface area contributed by atoms with Gasteiger partial charge in [0.05, 0.1) is 19.1 Å². The van der Waals surface area contributed by atoms with Gasteiger partial charge in [-0.3, -0.25) is 4.90 Å². The van der Waals surface area contributed by atoms with E-state index in [0.717, 1.165) is 37.8 Å². The number of pyridine rings is 1. The van der Waals surface area contributed by atoms with E-state index in [1.54, 1.807) is 18.7 Å². The fourth-order valence-electron chi connectivity index (χ4n) is 2.72. The van der Waals surface area contributed by atoms with Crippen molar-refractivity contribution in [1.82, 2.24) is 24.6 Å². The van der Waals surface area contributed by atoms with Crippen molar-refractivity contribution in [1.29, 1.82) is 0 Å². The van der Waals surface area contributed by atoms with Crippen molar-refractivity contribution >= 4 is 0 Å². The zero-order valence-electron chi connectivity index (χ0n) is 12.6. The molecule has 3 aromatic rings. The molecule has 0 bridgehead atoms. The van der Waals surface area contributed by atoms with Crippen LogP contribution in [0.3, 0.4) is 0 Å². The van der Waals surface area contributed by atoms with Gasteiger partial charge in [-0.15, -0.1) is 10.2 Å². The second-order valence-corrected chi connectivity index (χ2v) is 5.48. The van der Waals surface area contributed by atoms with E-state index < -0.39 is 0 Å². The third-order valence-corrected chi connectivity index (χ3v) is 3.88. The number of hydrogen-bond donors (Lipinski definition) is 0. The maximum atomic E-state index is 5.67. The van der Waals surface area contributed by atoms with Crippen LogP contribution in [0, 0.1) is 0 Å². The quantitative estimate of drug-likeness (QED) is 0.716. The molecule has 4 heterocycles. The monoisotopic (exact) mass is 311 g/mol. The first-order valence-electron chi connectivity index (χ1n) is 7.57. The van der Waals surface area contributed by atoms with Crippen LogP contribution in [0.5, 0.6) is 5.88 Å². The van der Waals surface area contributed by atoms with Gasteiger partial charge in [-0.1, -0.05) is 6.07 Å². The fraction of sp³-hybridized carbons (Fsp3) is 0.312. The van der Waals surface area contributed by atoms with Crippen molar-refractivity contribution in [2.75, 3.05) is 6.54 Å². The van der Waals surface area contributed by atoms with E-state index in [2.05, 4.69) is 24.6 Å². The van der Waals surface area contributed by atoms with Gasteiger partial charge in [0.1, 0.15) is 12.4 Å². The molecular formula is C16H17N5O2. The topological polar surface area (TPSA) is 69.2 Å². The van der Waals surface area contributed by atoms with Crippen LogP contribution in [0.1, 0.15) is 17.2 Å². The standard InChI is InChI=1S/C16H17N5O2/c1-2-5-17-16(3-1)23-12-15-19-18-14-10-20(6-7-21(14)15)9-13-4-8-22-11-13/h1-5,8,11H,6-7,9-10,12H2. The Balaban J connectivity index is 1.40. The lowest BCUT2D eigenvalue weighted by atomic mass is 10.2. The Morgan fingerprint density at radius 1 is 1.17 bits per heavy atom. The summed E-state index contributed by atoms with van der Waals surface area (Å²) in [4.78, 5) is 6.48. The van der Waals surface area contributed by atoms with E-state index in [4.69, 9.17) is 9.15 Å². The largest absolute Gasteiger partial charge is 0.472 e. The van der Waals surface area contributed by atoms with Crippen LogP contribution in [0.15, 0.2) is 47.4 Å². The Hall–Kier alpha value is -2.67. The zero-order chi connectivity index (χ0) is 15.5. The maximum absolute atomic E-state index is 5.67. The average molecular weight is 311 g/mol. The summed E-state index contributed by atoms with van der Waals surface area (Å²) in [6, 6.07) is 7.58. The smallest absolute Gasteiger partial charge is 0.213 e. The first-order chi connectivity index (χ1) is 11.4. The minimum absolute atomic E-state index is 0.381. The van der Waals surface area contributed by atoms with Crippen LogP contribution in [0.2, 0.25) is 0 Å². The molecule has 7 nitrogen and oxygen atoms in total. The van der Waals surface area contributed by atoms with Gasteiger partial charge in [-0.05, 0) is 12.1 Å². The highest BCUT2D eigenvalue weighted by atomic mass is 16.5. The Kier molecular flexibility index (Phi) is 3.77. The van der Waals surface area contributed by atoms with Crippen LogP contribution >= 0.6 is 0 Å². The summed E-state index contributed by atoms with van der Waals surface area (Å²) < 4.78 is 12.9. The minimum atomic E-state index is 0.381. The van der Waals surface area contributed by atoms with E-state index in [0.29, 0.717) is 12.5 Å². The summed E-state index contributed by atoms with van der Waals surface area (Å²) >= 11 is 0. The van der Waals surface area contributed by atoms with Gasteiger partial charge in [-0.25, -0.2) is 4.98 Å². The number of rotatable bonds is 5. The molecule has 0 aromatic carbocycles. The zero-order valence-corrected chi connectivity index (χ0v) is 12.6. The summed E-state index contributed by atoms with van der Waals surface area (Å²) in [6.07, 6.45) is 5.20. The molecular weight excluding hydrogens is 294 g/mol. The Bertz CT molecular complexity index is 754. The van der Waals surface area contributed by atoms with Crippen molar-refractivity contribution in [3.63, 3.8) is 0 Å². The van der Waals surface area contributed by atoms with Crippen LogP contribution in [-0.4, -0.2) is 31.2 Å². The number of furan rings is 1. The number of fused-ring (bicyclic) bond motifs is 1. The number of nitrogens with zero attached hydrogens (tertiary/aromatic N) is 5. The Morgan fingerprint density at radius 3 is 3.00 bits per heavy atom. The van der Waals surface area contributed by atoms with Crippen LogP contribution < -0.4 is 4.74 Å². The van der Waals surface area contributed by atoms with Crippen molar-refractivity contribution in [2.45, 2.75) is 26.2 Å². The summed E-state index contributed by atoms with van der Waals surface area (Å²) in [6.45, 7) is 3.84. The second kappa shape index (κ2) is 6.21. The number of aromatic nitrogens is 4. The molecule has 0 aliphatic carbocycles. The summed E-state index contributed by atoms with van der Waals surface area (Å²) in [5.74, 6) is 2.41. The van der Waals surface area contributed by atoms with E-state index in [-0.39, 0.29) is 0 Å². The van der Waals surface area contributed by atoms with Gasteiger partial charge < -0.3 is 13.7 Å². The van der Waals surface area contributed by atoms with Gasteiger partial charge in [0.15, 0.2) is 5.82 Å². The van der Waals surface area contributed by atoms with Crippen LogP contribution in [0.4, 0.5) is 0 Å². The van der Waals surface area contributed by atoms with E-state index in [1.807, 2.05) is 24.3 Å². The molecule has 3 aromatic heterocycles. The highest BCUT2D eigenvalue weighted by Crippen LogP contribution is 2.16. The molecule has 1 aliphatic rings. The number of hydrogen-bond acceptors (Lipinski definition) is 6. The van der Waals surface area contributed by atoms with Crippen LogP contribution in [-0.2, 0) is 26.2 Å². The normalized spacial score (nSPS) is 14.6. The SMILES string of the molecule is c1ccc(OCc2nnc3n2CCN(Cc2ccoc2)C3)nc1. The molecule has 0 saturated carbocycles. The average Bonchev–Trinajstić information content (AvgIpc) is 3.23. The van der Waals surface area contributed by atoms with E-state index in [9.17, 15) is 0 Å². The molecule has 0 saturated heterocycles. The molecule has 0 unspecified atom stereocenters. The Labute approximate surface area is 133 Å². The minimum Gasteiger partial charge on any atom is -0.472 e. The third-order valence-electron chi connectivity index (χ3n) is 3.88. The summed E-state index contributed by atoms with van der Waals surface area (Å²) in [7, 11) is 0. The number of ether oxygens (including phenoxy) is 1. The summed E-state index contributed by atoms with van der Waals surface area (Å²) in [5, 5.41) is 8.56. The third kappa shape index (κ3) is 3.09. The van der Waals surface area contributed by atoms with Crippen molar-refractivity contribution in [2.24, 2.45) is 0 Å². The molecule has 4 rings (SSSR count). The van der Waals surface area contributed by atoms with Crippen molar-refractivity contribution in [3.8, 4) is 5.88 Å². The van der Waals surface area contributed by atoms with Gasteiger partial charge in [0.25, 0.3) is 0 Å². The van der Waals surface area contributed by atoms with Gasteiger partial charge in [0, 0.05) is 37.5 Å². The molecule has 1 aliphatic heterocycles. The second-order valence-electron chi connectivity index (χ2n) is 5.48. The molecule has 0 atom stereocenters. The molecule has 0 spiro atoms. The first-order valence-corrected chi connectivity index (χ1v) is 7.57. The van der Waals surface area contributed by atoms with Crippen LogP contribution in [0.25, 0.3) is 0 Å². The van der Waals surface area contributed by atoms with E-state index in [1.165, 1.54) is 5.56 Å². The van der Waals surface area contributed by atoms with Gasteiger partial charge >= 0.3 is 0 Å². The predicted octanol–water partition coefficient (Wildman–Crippen LogP) is 1.86. The molecule has 118 valence electrons. The Morgan fingerprint density at radius 2 is 2.17 bits per heavy atom. The lowest BCUT2D eigenvalue weighted by molar-refractivity contribution is 0.201. The highest BCUT2D eigenvalue weighted by molar-refractivity contribution is 5.10. The molecule has 0 amide bonds. The van der Waals surface area contributed by atoms with E-state index >= 15 is 0 Å². The molecule has 0 fully saturated rings. The molecule has 23 heavy (non-hydrogen) atoms. The molecule has 0 N–H and O–H groups in total. The molecule has 7 heteroatoms.